The standard InChI is InChI=1S/C15H16BrNO/c1-15(2)8-11(10-18)7-14(9-15)17-13-5-3-12(16)4-6-13/h3-7,17H,8-9H2,1-2H3. The molecule has 1 N–H and O–H groups in total. The Hall–Kier alpha value is -1.31. The van der Waals surface area contributed by atoms with Gasteiger partial charge in [-0.3, -0.25) is 0 Å². The number of hydrogen-bond donors (Lipinski definition) is 1. The van der Waals surface area contributed by atoms with Gasteiger partial charge in [-0.25, -0.2) is 4.79 Å². The Labute approximate surface area is 116 Å². The molecule has 1 aliphatic rings. The lowest BCUT2D eigenvalue weighted by Gasteiger charge is -2.30. The fraction of sp³-hybridized carbons (Fsp3) is 0.333. The number of carbonyl (C=O) groups excluding carboxylic acids is 1. The second-order valence-corrected chi connectivity index (χ2v) is 6.36. The van der Waals surface area contributed by atoms with Crippen LogP contribution in [0.4, 0.5) is 5.69 Å². The molecule has 0 aliphatic heterocycles. The van der Waals surface area contributed by atoms with Gasteiger partial charge in [-0.1, -0.05) is 29.8 Å². The summed E-state index contributed by atoms with van der Waals surface area (Å²) < 4.78 is 1.06. The first kappa shape index (κ1) is 13.1. The van der Waals surface area contributed by atoms with Crippen molar-refractivity contribution in [3.63, 3.8) is 0 Å². The van der Waals surface area contributed by atoms with Crippen molar-refractivity contribution < 1.29 is 4.79 Å². The van der Waals surface area contributed by atoms with Crippen molar-refractivity contribution in [2.24, 2.45) is 5.41 Å². The Morgan fingerprint density at radius 2 is 1.89 bits per heavy atom. The normalized spacial score (nSPS) is 17.9. The topological polar surface area (TPSA) is 29.1 Å². The average molecular weight is 306 g/mol. The summed E-state index contributed by atoms with van der Waals surface area (Å²) in [5.74, 6) is 2.03. The predicted octanol–water partition coefficient (Wildman–Crippen LogP) is 4.32. The van der Waals surface area contributed by atoms with Gasteiger partial charge in [0, 0.05) is 21.4 Å². The average Bonchev–Trinajstić information content (AvgIpc) is 2.30. The predicted molar refractivity (Wildman–Crippen MR) is 78.1 cm³/mol. The summed E-state index contributed by atoms with van der Waals surface area (Å²) in [6.07, 6.45) is 3.65. The number of hydrogen-bond acceptors (Lipinski definition) is 2. The van der Waals surface area contributed by atoms with Crippen LogP contribution in [0.15, 0.2) is 46.1 Å². The van der Waals surface area contributed by atoms with Crippen molar-refractivity contribution in [2.75, 3.05) is 5.32 Å². The van der Waals surface area contributed by atoms with E-state index in [-0.39, 0.29) is 5.41 Å². The summed E-state index contributed by atoms with van der Waals surface area (Å²) in [6.45, 7) is 4.33. The van der Waals surface area contributed by atoms with E-state index in [1.807, 2.05) is 36.3 Å². The fourth-order valence-corrected chi connectivity index (χ4v) is 2.53. The van der Waals surface area contributed by atoms with Gasteiger partial charge in [0.1, 0.15) is 5.94 Å². The van der Waals surface area contributed by atoms with Crippen LogP contribution >= 0.6 is 15.9 Å². The molecule has 0 fully saturated rings. The van der Waals surface area contributed by atoms with Gasteiger partial charge in [0.05, 0.1) is 0 Å². The summed E-state index contributed by atoms with van der Waals surface area (Å²) in [4.78, 5) is 10.8. The summed E-state index contributed by atoms with van der Waals surface area (Å²) in [7, 11) is 0. The van der Waals surface area contributed by atoms with Crippen LogP contribution in [-0.4, -0.2) is 5.94 Å². The van der Waals surface area contributed by atoms with Crippen LogP contribution in [0.3, 0.4) is 0 Å². The number of benzene rings is 1. The van der Waals surface area contributed by atoms with Crippen LogP contribution in [0.5, 0.6) is 0 Å². The van der Waals surface area contributed by atoms with Gasteiger partial charge in [-0.05, 0) is 48.6 Å². The lowest BCUT2D eigenvalue weighted by Crippen LogP contribution is -2.20. The highest BCUT2D eigenvalue weighted by Gasteiger charge is 2.26. The van der Waals surface area contributed by atoms with Crippen molar-refractivity contribution >= 4 is 27.6 Å². The quantitative estimate of drug-likeness (QED) is 0.824. The molecule has 3 heteroatoms. The van der Waals surface area contributed by atoms with Gasteiger partial charge in [0.25, 0.3) is 0 Å². The molecule has 1 aromatic rings. The third kappa shape index (κ3) is 3.34. The van der Waals surface area contributed by atoms with Crippen LogP contribution in [0.1, 0.15) is 26.7 Å². The Balaban J connectivity index is 2.20. The van der Waals surface area contributed by atoms with Crippen LogP contribution in [0.2, 0.25) is 0 Å². The lowest BCUT2D eigenvalue weighted by atomic mass is 9.77. The number of halogens is 1. The third-order valence-electron chi connectivity index (χ3n) is 2.97. The summed E-state index contributed by atoms with van der Waals surface area (Å²) in [5, 5.41) is 3.37. The lowest BCUT2D eigenvalue weighted by molar-refractivity contribution is 0.353. The zero-order valence-electron chi connectivity index (χ0n) is 10.6. The van der Waals surface area contributed by atoms with Gasteiger partial charge in [0.2, 0.25) is 0 Å². The second kappa shape index (κ2) is 5.13. The molecule has 94 valence electrons. The van der Waals surface area contributed by atoms with Gasteiger partial charge in [-0.2, -0.15) is 0 Å². The van der Waals surface area contributed by atoms with Crippen molar-refractivity contribution in [3.05, 3.63) is 46.1 Å². The minimum absolute atomic E-state index is 0.110. The SMILES string of the molecule is CC1(C)CC(=C=O)C=C(Nc2ccc(Br)cc2)C1. The number of rotatable bonds is 2. The molecule has 0 heterocycles. The Bertz CT molecular complexity index is 522. The zero-order chi connectivity index (χ0) is 13.2. The molecule has 0 saturated carbocycles. The Morgan fingerprint density at radius 3 is 2.50 bits per heavy atom. The molecule has 1 aliphatic carbocycles. The molecule has 0 saturated heterocycles. The molecular formula is C15H16BrNO. The summed E-state index contributed by atoms with van der Waals surface area (Å²) >= 11 is 3.41. The van der Waals surface area contributed by atoms with Crippen molar-refractivity contribution in [1.82, 2.24) is 0 Å². The largest absolute Gasteiger partial charge is 0.359 e. The highest BCUT2D eigenvalue weighted by Crippen LogP contribution is 2.37. The molecule has 1 aromatic carbocycles. The number of nitrogens with one attached hydrogen (secondary N) is 1. The Kier molecular flexibility index (Phi) is 3.74. The maximum Gasteiger partial charge on any atom is 0.128 e. The van der Waals surface area contributed by atoms with Crippen LogP contribution in [0.25, 0.3) is 0 Å². The van der Waals surface area contributed by atoms with Crippen LogP contribution in [0, 0.1) is 5.41 Å². The Morgan fingerprint density at radius 1 is 1.22 bits per heavy atom. The summed E-state index contributed by atoms with van der Waals surface area (Å²) in [5.41, 5.74) is 2.96. The van der Waals surface area contributed by atoms with E-state index in [9.17, 15) is 4.79 Å². The first-order valence-electron chi connectivity index (χ1n) is 5.96. The molecular weight excluding hydrogens is 290 g/mol. The smallest absolute Gasteiger partial charge is 0.128 e. The molecule has 0 bridgehead atoms. The molecule has 0 radical (unpaired) electrons. The first-order valence-corrected chi connectivity index (χ1v) is 6.75. The van der Waals surface area contributed by atoms with Crippen molar-refractivity contribution in [2.45, 2.75) is 26.7 Å². The third-order valence-corrected chi connectivity index (χ3v) is 3.50. The molecule has 18 heavy (non-hydrogen) atoms. The number of anilines is 1. The number of allylic oxidation sites excluding steroid dienone is 3. The second-order valence-electron chi connectivity index (χ2n) is 5.45. The molecule has 2 rings (SSSR count). The molecule has 0 aromatic heterocycles. The van der Waals surface area contributed by atoms with E-state index < -0.39 is 0 Å². The zero-order valence-corrected chi connectivity index (χ0v) is 12.2. The molecule has 0 unspecified atom stereocenters. The van der Waals surface area contributed by atoms with E-state index >= 15 is 0 Å². The van der Waals surface area contributed by atoms with Crippen molar-refractivity contribution in [1.29, 1.82) is 0 Å². The van der Waals surface area contributed by atoms with Crippen molar-refractivity contribution in [3.8, 4) is 0 Å². The summed E-state index contributed by atoms with van der Waals surface area (Å²) in [6, 6.07) is 8.01. The maximum atomic E-state index is 10.8. The van der Waals surface area contributed by atoms with E-state index in [1.165, 1.54) is 0 Å². The van der Waals surface area contributed by atoms with Gasteiger partial charge >= 0.3 is 0 Å². The van der Waals surface area contributed by atoms with Gasteiger partial charge in [-0.15, -0.1) is 0 Å². The van der Waals surface area contributed by atoms with Gasteiger partial charge in [0.15, 0.2) is 0 Å². The highest BCUT2D eigenvalue weighted by atomic mass is 79.9. The first-order chi connectivity index (χ1) is 8.48. The molecule has 0 amide bonds. The van der Waals surface area contributed by atoms with E-state index in [2.05, 4.69) is 35.1 Å². The minimum Gasteiger partial charge on any atom is -0.359 e. The highest BCUT2D eigenvalue weighted by molar-refractivity contribution is 9.10. The van der Waals surface area contributed by atoms with E-state index in [0.717, 1.165) is 34.3 Å². The van der Waals surface area contributed by atoms with E-state index in [4.69, 9.17) is 0 Å². The minimum atomic E-state index is 0.110. The van der Waals surface area contributed by atoms with Crippen LogP contribution in [-0.2, 0) is 4.79 Å². The fourth-order valence-electron chi connectivity index (χ4n) is 2.27. The molecule has 0 spiro atoms. The van der Waals surface area contributed by atoms with Crippen LogP contribution < -0.4 is 5.32 Å². The maximum absolute atomic E-state index is 10.8. The van der Waals surface area contributed by atoms with Gasteiger partial charge < -0.3 is 5.32 Å². The molecule has 2 nitrogen and oxygen atoms in total. The van der Waals surface area contributed by atoms with E-state index in [0.29, 0.717) is 0 Å². The molecule has 0 atom stereocenters. The monoisotopic (exact) mass is 305 g/mol. The van der Waals surface area contributed by atoms with E-state index in [1.54, 1.807) is 0 Å².